The van der Waals surface area contributed by atoms with E-state index in [1.54, 1.807) is 6.07 Å². The molecule has 102 valence electrons. The number of nitrogens with one attached hydrogen (secondary N) is 1. The van der Waals surface area contributed by atoms with Crippen molar-refractivity contribution in [2.24, 2.45) is 0 Å². The molecule has 4 nitrogen and oxygen atoms in total. The molecule has 0 bridgehead atoms. The summed E-state index contributed by atoms with van der Waals surface area (Å²) in [5.74, 6) is 0. The summed E-state index contributed by atoms with van der Waals surface area (Å²) < 4.78 is 1.48. The summed E-state index contributed by atoms with van der Waals surface area (Å²) in [4.78, 5) is 16.9. The molecule has 0 saturated heterocycles. The number of hydrogen-bond acceptors (Lipinski definition) is 2. The lowest BCUT2D eigenvalue weighted by atomic mass is 9.92. The average Bonchev–Trinajstić information content (AvgIpc) is 2.83. The minimum Gasteiger partial charge on any atom is -0.296 e. The molecule has 0 unspecified atom stereocenters. The molecule has 0 saturated carbocycles. The summed E-state index contributed by atoms with van der Waals surface area (Å²) in [5, 5.41) is 2.98. The van der Waals surface area contributed by atoms with E-state index in [-0.39, 0.29) is 11.0 Å². The van der Waals surface area contributed by atoms with Crippen LogP contribution in [-0.2, 0) is 5.41 Å². The molecule has 0 amide bonds. The zero-order valence-electron chi connectivity index (χ0n) is 11.8. The Morgan fingerprint density at radius 2 is 1.85 bits per heavy atom. The van der Waals surface area contributed by atoms with Gasteiger partial charge in [0.05, 0.1) is 5.69 Å². The SMILES string of the molecule is CC(C)(C)c1cc(=O)n2[nH]cc(-c3ccccc3)c2n1. The minimum absolute atomic E-state index is 0.0814. The molecule has 1 aromatic carbocycles. The molecule has 0 spiro atoms. The van der Waals surface area contributed by atoms with Crippen molar-refractivity contribution in [3.05, 3.63) is 58.6 Å². The van der Waals surface area contributed by atoms with E-state index in [9.17, 15) is 4.79 Å². The fourth-order valence-corrected chi connectivity index (χ4v) is 2.20. The van der Waals surface area contributed by atoms with Crippen molar-refractivity contribution in [2.45, 2.75) is 26.2 Å². The van der Waals surface area contributed by atoms with Gasteiger partial charge in [-0.05, 0) is 5.56 Å². The maximum atomic E-state index is 12.2. The third-order valence-corrected chi connectivity index (χ3v) is 3.35. The Hall–Kier alpha value is -2.36. The van der Waals surface area contributed by atoms with Crippen LogP contribution in [0.5, 0.6) is 0 Å². The molecule has 2 aromatic heterocycles. The van der Waals surface area contributed by atoms with Gasteiger partial charge in [0.2, 0.25) is 0 Å². The van der Waals surface area contributed by atoms with E-state index in [0.717, 1.165) is 16.8 Å². The van der Waals surface area contributed by atoms with Crippen molar-refractivity contribution in [1.82, 2.24) is 14.6 Å². The van der Waals surface area contributed by atoms with Crippen LogP contribution >= 0.6 is 0 Å². The van der Waals surface area contributed by atoms with Gasteiger partial charge in [-0.3, -0.25) is 9.89 Å². The number of hydrogen-bond donors (Lipinski definition) is 1. The first kappa shape index (κ1) is 12.7. The van der Waals surface area contributed by atoms with Crippen molar-refractivity contribution in [1.29, 1.82) is 0 Å². The van der Waals surface area contributed by atoms with Crippen molar-refractivity contribution in [3.8, 4) is 11.1 Å². The second-order valence-electron chi connectivity index (χ2n) is 5.94. The number of rotatable bonds is 1. The molecule has 1 N–H and O–H groups in total. The van der Waals surface area contributed by atoms with Crippen LogP contribution < -0.4 is 5.56 Å². The molecule has 0 radical (unpaired) electrons. The molecule has 3 aromatic rings. The van der Waals surface area contributed by atoms with Gasteiger partial charge in [0.25, 0.3) is 5.56 Å². The first-order chi connectivity index (χ1) is 9.47. The van der Waals surface area contributed by atoms with Crippen LogP contribution in [0.4, 0.5) is 0 Å². The van der Waals surface area contributed by atoms with E-state index in [1.165, 1.54) is 4.52 Å². The van der Waals surface area contributed by atoms with Gasteiger partial charge in [0.15, 0.2) is 5.65 Å². The lowest BCUT2D eigenvalue weighted by molar-refractivity contribution is 0.566. The molecule has 0 aliphatic heterocycles. The van der Waals surface area contributed by atoms with Crippen molar-refractivity contribution in [2.75, 3.05) is 0 Å². The second-order valence-corrected chi connectivity index (χ2v) is 5.94. The van der Waals surface area contributed by atoms with Gasteiger partial charge in [-0.25, -0.2) is 9.50 Å². The summed E-state index contributed by atoms with van der Waals surface area (Å²) in [6, 6.07) is 11.5. The number of aromatic nitrogens is 3. The third-order valence-electron chi connectivity index (χ3n) is 3.35. The van der Waals surface area contributed by atoms with E-state index in [4.69, 9.17) is 0 Å². The van der Waals surface area contributed by atoms with Gasteiger partial charge in [-0.1, -0.05) is 51.1 Å². The van der Waals surface area contributed by atoms with Gasteiger partial charge in [-0.15, -0.1) is 0 Å². The number of fused-ring (bicyclic) bond motifs is 1. The molecule has 20 heavy (non-hydrogen) atoms. The van der Waals surface area contributed by atoms with E-state index >= 15 is 0 Å². The second kappa shape index (κ2) is 4.34. The lowest BCUT2D eigenvalue weighted by Crippen LogP contribution is -2.22. The summed E-state index contributed by atoms with van der Waals surface area (Å²) in [5.41, 5.74) is 3.23. The Morgan fingerprint density at radius 3 is 2.50 bits per heavy atom. The van der Waals surface area contributed by atoms with Gasteiger partial charge in [-0.2, -0.15) is 0 Å². The average molecular weight is 267 g/mol. The number of H-pyrrole nitrogens is 1. The first-order valence-corrected chi connectivity index (χ1v) is 6.64. The maximum absolute atomic E-state index is 12.2. The summed E-state index contributed by atoms with van der Waals surface area (Å²) in [7, 11) is 0. The largest absolute Gasteiger partial charge is 0.296 e. The van der Waals surface area contributed by atoms with Crippen LogP contribution in [0.1, 0.15) is 26.5 Å². The van der Waals surface area contributed by atoms with Crippen molar-refractivity contribution < 1.29 is 0 Å². The molecule has 0 fully saturated rings. The normalized spacial score (nSPS) is 11.9. The standard InChI is InChI=1S/C16H17N3O/c1-16(2,3)13-9-14(20)19-15(18-13)12(10-17-19)11-7-5-4-6-8-11/h4-10,17H,1-3H3. The van der Waals surface area contributed by atoms with Crippen LogP contribution in [0.3, 0.4) is 0 Å². The highest BCUT2D eigenvalue weighted by atomic mass is 16.1. The van der Waals surface area contributed by atoms with Crippen LogP contribution in [-0.4, -0.2) is 14.6 Å². The Labute approximate surface area is 117 Å². The molecule has 2 heterocycles. The monoisotopic (exact) mass is 267 g/mol. The maximum Gasteiger partial charge on any atom is 0.272 e. The Kier molecular flexibility index (Phi) is 2.74. The van der Waals surface area contributed by atoms with Crippen LogP contribution in [0, 0.1) is 0 Å². The van der Waals surface area contributed by atoms with Crippen molar-refractivity contribution >= 4 is 5.65 Å². The zero-order chi connectivity index (χ0) is 14.3. The van der Waals surface area contributed by atoms with Gasteiger partial charge in [0, 0.05) is 23.2 Å². The zero-order valence-corrected chi connectivity index (χ0v) is 11.8. The van der Waals surface area contributed by atoms with E-state index in [1.807, 2.05) is 36.5 Å². The molecular formula is C16H17N3O. The third kappa shape index (κ3) is 2.03. The fraction of sp³-hybridized carbons (Fsp3) is 0.250. The predicted octanol–water partition coefficient (Wildman–Crippen LogP) is 2.99. The van der Waals surface area contributed by atoms with Crippen LogP contribution in [0.2, 0.25) is 0 Å². The number of benzene rings is 1. The Bertz CT molecular complexity index is 807. The van der Waals surface area contributed by atoms with E-state index in [2.05, 4.69) is 30.9 Å². The molecule has 0 aliphatic rings. The minimum atomic E-state index is -0.154. The van der Waals surface area contributed by atoms with Crippen LogP contribution in [0.25, 0.3) is 16.8 Å². The fourth-order valence-electron chi connectivity index (χ4n) is 2.20. The van der Waals surface area contributed by atoms with Gasteiger partial charge in [0.1, 0.15) is 0 Å². The van der Waals surface area contributed by atoms with E-state index < -0.39 is 0 Å². The lowest BCUT2D eigenvalue weighted by Gasteiger charge is -2.17. The summed E-state index contributed by atoms with van der Waals surface area (Å²) >= 11 is 0. The molecule has 3 rings (SSSR count). The highest BCUT2D eigenvalue weighted by molar-refractivity contribution is 5.76. The summed E-state index contributed by atoms with van der Waals surface area (Å²) in [6.45, 7) is 6.17. The predicted molar refractivity (Wildman–Crippen MR) is 79.9 cm³/mol. The number of aromatic amines is 1. The number of nitrogens with zero attached hydrogens (tertiary/aromatic N) is 2. The molecule has 0 aliphatic carbocycles. The van der Waals surface area contributed by atoms with Crippen LogP contribution in [0.15, 0.2) is 47.4 Å². The van der Waals surface area contributed by atoms with Gasteiger partial charge < -0.3 is 0 Å². The Morgan fingerprint density at radius 1 is 1.15 bits per heavy atom. The highest BCUT2D eigenvalue weighted by Gasteiger charge is 2.19. The smallest absolute Gasteiger partial charge is 0.272 e. The van der Waals surface area contributed by atoms with Crippen molar-refractivity contribution in [3.63, 3.8) is 0 Å². The highest BCUT2D eigenvalue weighted by Crippen LogP contribution is 2.25. The molecule has 0 atom stereocenters. The topological polar surface area (TPSA) is 50.2 Å². The molecular weight excluding hydrogens is 250 g/mol. The Balaban J connectivity index is 2.31. The first-order valence-electron chi connectivity index (χ1n) is 6.64. The van der Waals surface area contributed by atoms with Gasteiger partial charge >= 0.3 is 0 Å². The molecule has 4 heteroatoms. The quantitative estimate of drug-likeness (QED) is 0.737. The summed E-state index contributed by atoms with van der Waals surface area (Å²) in [6.07, 6.45) is 1.82. The van der Waals surface area contributed by atoms with E-state index in [0.29, 0.717) is 5.65 Å².